The van der Waals surface area contributed by atoms with E-state index in [0.29, 0.717) is 18.5 Å². The van der Waals surface area contributed by atoms with Crippen molar-refractivity contribution in [3.63, 3.8) is 0 Å². The van der Waals surface area contributed by atoms with Gasteiger partial charge in [-0.05, 0) is 31.5 Å². The van der Waals surface area contributed by atoms with Gasteiger partial charge in [-0.2, -0.15) is 0 Å². The van der Waals surface area contributed by atoms with Crippen molar-refractivity contribution in [2.75, 3.05) is 6.54 Å². The molecule has 6 heteroatoms. The molecule has 5 nitrogen and oxygen atoms in total. The van der Waals surface area contributed by atoms with E-state index in [9.17, 15) is 14.0 Å². The number of hydrogen-bond acceptors (Lipinski definition) is 2. The lowest BCUT2D eigenvalue weighted by Gasteiger charge is -2.21. The highest BCUT2D eigenvalue weighted by Crippen LogP contribution is 2.14. The summed E-state index contributed by atoms with van der Waals surface area (Å²) in [5, 5.41) is 5.44. The Labute approximate surface area is 123 Å². The molecule has 0 spiro atoms. The van der Waals surface area contributed by atoms with Crippen LogP contribution in [0.1, 0.15) is 25.8 Å². The maximum absolute atomic E-state index is 13.0. The maximum atomic E-state index is 13.0. The summed E-state index contributed by atoms with van der Waals surface area (Å²) >= 11 is 0. The molecule has 1 aromatic rings. The Kier molecular flexibility index (Phi) is 4.77. The normalized spacial score (nSPS) is 18.2. The number of halogens is 1. The standard InChI is InChI=1S/C15H20FN3O2/c1-10(2)19-9-13(7-14(19)20)18-15(21)17-8-11-4-3-5-12(16)6-11/h3-6,10,13H,7-9H2,1-2H3,(H2,17,18,21). The molecule has 1 unspecified atom stereocenters. The van der Waals surface area contributed by atoms with Gasteiger partial charge in [0.2, 0.25) is 5.91 Å². The van der Waals surface area contributed by atoms with Crippen molar-refractivity contribution in [3.05, 3.63) is 35.6 Å². The third-order valence-electron chi connectivity index (χ3n) is 3.46. The molecule has 3 amide bonds. The van der Waals surface area contributed by atoms with Crippen molar-refractivity contribution in [3.8, 4) is 0 Å². The molecule has 0 aromatic heterocycles. The van der Waals surface area contributed by atoms with Crippen molar-refractivity contribution >= 4 is 11.9 Å². The predicted molar refractivity (Wildman–Crippen MR) is 77.0 cm³/mol. The van der Waals surface area contributed by atoms with E-state index in [2.05, 4.69) is 10.6 Å². The molecule has 0 radical (unpaired) electrons. The Morgan fingerprint density at radius 2 is 2.24 bits per heavy atom. The lowest BCUT2D eigenvalue weighted by Crippen LogP contribution is -2.43. The molecule has 0 aliphatic carbocycles. The van der Waals surface area contributed by atoms with Gasteiger partial charge in [0.1, 0.15) is 5.82 Å². The highest BCUT2D eigenvalue weighted by molar-refractivity contribution is 5.81. The van der Waals surface area contributed by atoms with E-state index in [-0.39, 0.29) is 36.4 Å². The van der Waals surface area contributed by atoms with Crippen LogP contribution in [0.25, 0.3) is 0 Å². The Balaban J connectivity index is 1.79. The summed E-state index contributed by atoms with van der Waals surface area (Å²) in [7, 11) is 0. The molecule has 2 N–H and O–H groups in total. The quantitative estimate of drug-likeness (QED) is 0.886. The first kappa shape index (κ1) is 15.3. The molecule has 1 aliphatic rings. The van der Waals surface area contributed by atoms with Gasteiger partial charge >= 0.3 is 6.03 Å². The van der Waals surface area contributed by atoms with Crippen molar-refractivity contribution in [2.24, 2.45) is 0 Å². The summed E-state index contributed by atoms with van der Waals surface area (Å²) in [5.41, 5.74) is 0.691. The van der Waals surface area contributed by atoms with Crippen LogP contribution < -0.4 is 10.6 Å². The topological polar surface area (TPSA) is 61.4 Å². The summed E-state index contributed by atoms with van der Waals surface area (Å²) in [6, 6.07) is 5.69. The van der Waals surface area contributed by atoms with E-state index < -0.39 is 0 Å². The molecule has 1 heterocycles. The minimum atomic E-state index is -0.345. The zero-order valence-corrected chi connectivity index (χ0v) is 12.2. The summed E-state index contributed by atoms with van der Waals surface area (Å²) in [6.07, 6.45) is 0.325. The molecule has 2 rings (SSSR count). The number of carbonyl (C=O) groups excluding carboxylic acids is 2. The predicted octanol–water partition coefficient (Wildman–Crippen LogP) is 1.63. The highest BCUT2D eigenvalue weighted by Gasteiger charge is 2.31. The van der Waals surface area contributed by atoms with E-state index >= 15 is 0 Å². The number of urea groups is 1. The second kappa shape index (κ2) is 6.56. The summed E-state index contributed by atoms with van der Waals surface area (Å²) in [4.78, 5) is 25.3. The first-order valence-electron chi connectivity index (χ1n) is 7.04. The maximum Gasteiger partial charge on any atom is 0.315 e. The van der Waals surface area contributed by atoms with Crippen LogP contribution in [-0.4, -0.2) is 35.5 Å². The lowest BCUT2D eigenvalue weighted by molar-refractivity contribution is -0.129. The summed E-state index contributed by atoms with van der Waals surface area (Å²) in [6.45, 7) is 4.68. The minimum Gasteiger partial charge on any atom is -0.338 e. The fourth-order valence-corrected chi connectivity index (χ4v) is 2.39. The molecule has 114 valence electrons. The molecule has 1 saturated heterocycles. The van der Waals surface area contributed by atoms with Crippen LogP contribution in [-0.2, 0) is 11.3 Å². The average molecular weight is 293 g/mol. The van der Waals surface area contributed by atoms with Gasteiger partial charge in [-0.15, -0.1) is 0 Å². The van der Waals surface area contributed by atoms with Gasteiger partial charge in [-0.3, -0.25) is 4.79 Å². The van der Waals surface area contributed by atoms with Crippen molar-refractivity contribution in [1.82, 2.24) is 15.5 Å². The Morgan fingerprint density at radius 3 is 2.86 bits per heavy atom. The Bertz CT molecular complexity index is 533. The van der Waals surface area contributed by atoms with E-state index in [4.69, 9.17) is 0 Å². The summed E-state index contributed by atoms with van der Waals surface area (Å²) in [5.74, 6) is -0.274. The fraction of sp³-hybridized carbons (Fsp3) is 0.467. The molecule has 1 atom stereocenters. The number of amides is 3. The SMILES string of the molecule is CC(C)N1CC(NC(=O)NCc2cccc(F)c2)CC1=O. The lowest BCUT2D eigenvalue weighted by atomic mass is 10.2. The molecule has 21 heavy (non-hydrogen) atoms. The first-order valence-corrected chi connectivity index (χ1v) is 7.04. The number of carbonyl (C=O) groups is 2. The van der Waals surface area contributed by atoms with Gasteiger partial charge < -0.3 is 15.5 Å². The van der Waals surface area contributed by atoms with E-state index in [1.54, 1.807) is 17.0 Å². The average Bonchev–Trinajstić information content (AvgIpc) is 2.77. The number of benzene rings is 1. The van der Waals surface area contributed by atoms with E-state index in [1.165, 1.54) is 12.1 Å². The monoisotopic (exact) mass is 293 g/mol. The van der Waals surface area contributed by atoms with Crippen LogP contribution in [0.3, 0.4) is 0 Å². The van der Waals surface area contributed by atoms with Crippen LogP contribution in [0.5, 0.6) is 0 Å². The zero-order valence-electron chi connectivity index (χ0n) is 12.2. The largest absolute Gasteiger partial charge is 0.338 e. The third-order valence-corrected chi connectivity index (χ3v) is 3.46. The second-order valence-corrected chi connectivity index (χ2v) is 5.50. The van der Waals surface area contributed by atoms with Crippen LogP contribution >= 0.6 is 0 Å². The molecule has 0 bridgehead atoms. The zero-order chi connectivity index (χ0) is 15.4. The number of nitrogens with one attached hydrogen (secondary N) is 2. The molecule has 1 fully saturated rings. The first-order chi connectivity index (χ1) is 9.95. The number of likely N-dealkylation sites (tertiary alicyclic amines) is 1. The van der Waals surface area contributed by atoms with Crippen LogP contribution in [0, 0.1) is 5.82 Å². The van der Waals surface area contributed by atoms with Gasteiger partial charge in [-0.25, -0.2) is 9.18 Å². The minimum absolute atomic E-state index is 0.0560. The van der Waals surface area contributed by atoms with Crippen molar-refractivity contribution in [1.29, 1.82) is 0 Å². The molecule has 1 aromatic carbocycles. The number of rotatable bonds is 4. The van der Waals surface area contributed by atoms with Gasteiger partial charge in [0.25, 0.3) is 0 Å². The van der Waals surface area contributed by atoms with Crippen molar-refractivity contribution < 1.29 is 14.0 Å². The van der Waals surface area contributed by atoms with Gasteiger partial charge in [0, 0.05) is 25.6 Å². The molecular weight excluding hydrogens is 273 g/mol. The molecule has 1 aliphatic heterocycles. The van der Waals surface area contributed by atoms with E-state index in [0.717, 1.165) is 0 Å². The van der Waals surface area contributed by atoms with Crippen LogP contribution in [0.2, 0.25) is 0 Å². The molecule has 0 saturated carbocycles. The Hall–Kier alpha value is -2.11. The highest BCUT2D eigenvalue weighted by atomic mass is 19.1. The van der Waals surface area contributed by atoms with E-state index in [1.807, 2.05) is 13.8 Å². The van der Waals surface area contributed by atoms with Crippen LogP contribution in [0.4, 0.5) is 9.18 Å². The second-order valence-electron chi connectivity index (χ2n) is 5.50. The van der Waals surface area contributed by atoms with Gasteiger partial charge in [-0.1, -0.05) is 12.1 Å². The Morgan fingerprint density at radius 1 is 1.48 bits per heavy atom. The van der Waals surface area contributed by atoms with Crippen molar-refractivity contribution in [2.45, 2.75) is 38.9 Å². The molecular formula is C15H20FN3O2. The number of nitrogens with zero attached hydrogens (tertiary/aromatic N) is 1. The smallest absolute Gasteiger partial charge is 0.315 e. The fourth-order valence-electron chi connectivity index (χ4n) is 2.39. The third kappa shape index (κ3) is 4.18. The number of hydrogen-bond donors (Lipinski definition) is 2. The summed E-state index contributed by atoms with van der Waals surface area (Å²) < 4.78 is 13.0. The van der Waals surface area contributed by atoms with Gasteiger partial charge in [0.15, 0.2) is 0 Å². The van der Waals surface area contributed by atoms with Gasteiger partial charge in [0.05, 0.1) is 6.04 Å². The van der Waals surface area contributed by atoms with Crippen LogP contribution in [0.15, 0.2) is 24.3 Å².